The summed E-state index contributed by atoms with van der Waals surface area (Å²) in [6, 6.07) is 5.78. The fraction of sp³-hybridized carbons (Fsp3) is 0.444. The number of carbonyl (C=O) groups excluding carboxylic acids is 2. The fourth-order valence-corrected chi connectivity index (χ4v) is 3.75. The first kappa shape index (κ1) is 20.4. The van der Waals surface area contributed by atoms with Crippen molar-refractivity contribution in [3.05, 3.63) is 34.8 Å². The molecule has 2 aromatic rings. The highest BCUT2D eigenvalue weighted by Crippen LogP contribution is 2.21. The van der Waals surface area contributed by atoms with Crippen molar-refractivity contribution in [2.24, 2.45) is 0 Å². The van der Waals surface area contributed by atoms with Gasteiger partial charge in [0.05, 0.1) is 5.75 Å². The maximum Gasteiger partial charge on any atom is 0.244 e. The van der Waals surface area contributed by atoms with Crippen LogP contribution in [-0.2, 0) is 9.59 Å². The Kier molecular flexibility index (Phi) is 7.59. The lowest BCUT2D eigenvalue weighted by molar-refractivity contribution is -0.134. The predicted molar refractivity (Wildman–Crippen MR) is 107 cm³/mol. The summed E-state index contributed by atoms with van der Waals surface area (Å²) < 4.78 is 0.752. The number of thioether (sulfide) groups is 1. The molecular formula is C18H24N4O2S2. The SMILES string of the molecule is CCC(C)N(CC(=O)Nc1cccc(C)c1C)C(=O)CSc1nncs1. The highest BCUT2D eigenvalue weighted by atomic mass is 32.2. The minimum Gasteiger partial charge on any atom is -0.330 e. The minimum atomic E-state index is -0.187. The number of carbonyl (C=O) groups is 2. The van der Waals surface area contributed by atoms with Crippen LogP contribution in [0.3, 0.4) is 0 Å². The van der Waals surface area contributed by atoms with Crippen LogP contribution in [0.2, 0.25) is 0 Å². The first-order valence-corrected chi connectivity index (χ1v) is 10.3. The van der Waals surface area contributed by atoms with Gasteiger partial charge in [-0.05, 0) is 44.4 Å². The Morgan fingerprint density at radius 3 is 2.77 bits per heavy atom. The van der Waals surface area contributed by atoms with Crippen molar-refractivity contribution in [2.45, 2.75) is 44.5 Å². The van der Waals surface area contributed by atoms with Gasteiger partial charge < -0.3 is 10.2 Å². The normalized spacial score (nSPS) is 11.8. The third kappa shape index (κ3) is 5.54. The van der Waals surface area contributed by atoms with Crippen molar-refractivity contribution in [1.29, 1.82) is 0 Å². The van der Waals surface area contributed by atoms with Crippen LogP contribution in [0, 0.1) is 13.8 Å². The lowest BCUT2D eigenvalue weighted by atomic mass is 10.1. The van der Waals surface area contributed by atoms with Crippen LogP contribution in [0.5, 0.6) is 0 Å². The van der Waals surface area contributed by atoms with Gasteiger partial charge in [-0.25, -0.2) is 0 Å². The van der Waals surface area contributed by atoms with E-state index in [4.69, 9.17) is 0 Å². The van der Waals surface area contributed by atoms with Crippen molar-refractivity contribution >= 4 is 40.6 Å². The van der Waals surface area contributed by atoms with Crippen molar-refractivity contribution in [3.8, 4) is 0 Å². The molecule has 0 bridgehead atoms. The minimum absolute atomic E-state index is 0.0122. The number of hydrogen-bond acceptors (Lipinski definition) is 6. The molecule has 1 aromatic carbocycles. The van der Waals surface area contributed by atoms with Crippen LogP contribution >= 0.6 is 23.1 Å². The van der Waals surface area contributed by atoms with E-state index in [0.717, 1.165) is 27.6 Å². The van der Waals surface area contributed by atoms with Gasteiger partial charge in [0, 0.05) is 11.7 Å². The molecule has 2 amide bonds. The Balaban J connectivity index is 2.00. The first-order chi connectivity index (χ1) is 12.4. The molecule has 0 fully saturated rings. The number of amides is 2. The van der Waals surface area contributed by atoms with E-state index in [2.05, 4.69) is 15.5 Å². The van der Waals surface area contributed by atoms with E-state index in [0.29, 0.717) is 0 Å². The van der Waals surface area contributed by atoms with Gasteiger partial charge >= 0.3 is 0 Å². The predicted octanol–water partition coefficient (Wildman–Crippen LogP) is 3.51. The van der Waals surface area contributed by atoms with Crippen molar-refractivity contribution < 1.29 is 9.59 Å². The van der Waals surface area contributed by atoms with Gasteiger partial charge in [0.15, 0.2) is 4.34 Å². The largest absolute Gasteiger partial charge is 0.330 e. The van der Waals surface area contributed by atoms with Gasteiger partial charge in [-0.3, -0.25) is 9.59 Å². The standard InChI is InChI=1S/C18H24N4O2S2/c1-5-13(3)22(17(24)10-25-18-21-19-11-26-18)9-16(23)20-15-8-6-7-12(2)14(15)4/h6-8,11,13H,5,9-10H2,1-4H3,(H,20,23). The molecule has 6 nitrogen and oxygen atoms in total. The average Bonchev–Trinajstić information content (AvgIpc) is 3.14. The van der Waals surface area contributed by atoms with E-state index < -0.39 is 0 Å². The molecule has 0 aliphatic rings. The second-order valence-electron chi connectivity index (χ2n) is 6.07. The molecule has 0 radical (unpaired) electrons. The number of nitrogens with zero attached hydrogens (tertiary/aromatic N) is 3. The Labute approximate surface area is 162 Å². The quantitative estimate of drug-likeness (QED) is 0.696. The third-order valence-electron chi connectivity index (χ3n) is 4.30. The second kappa shape index (κ2) is 9.68. The molecule has 26 heavy (non-hydrogen) atoms. The van der Waals surface area contributed by atoms with E-state index in [-0.39, 0.29) is 30.2 Å². The molecule has 1 N–H and O–H groups in total. The molecule has 0 saturated heterocycles. The summed E-state index contributed by atoms with van der Waals surface area (Å²) in [7, 11) is 0. The molecule has 0 aliphatic carbocycles. The summed E-state index contributed by atoms with van der Waals surface area (Å²) in [5, 5.41) is 10.6. The van der Waals surface area contributed by atoms with E-state index in [1.54, 1.807) is 10.4 Å². The van der Waals surface area contributed by atoms with Crippen molar-refractivity contribution in [1.82, 2.24) is 15.1 Å². The van der Waals surface area contributed by atoms with Gasteiger partial charge in [0.25, 0.3) is 0 Å². The van der Waals surface area contributed by atoms with E-state index >= 15 is 0 Å². The lowest BCUT2D eigenvalue weighted by Crippen LogP contribution is -2.44. The zero-order valence-electron chi connectivity index (χ0n) is 15.5. The summed E-state index contributed by atoms with van der Waals surface area (Å²) in [6.07, 6.45) is 0.784. The summed E-state index contributed by atoms with van der Waals surface area (Å²) in [6.45, 7) is 7.98. The third-order valence-corrected chi connectivity index (χ3v) is 6.14. The lowest BCUT2D eigenvalue weighted by Gasteiger charge is -2.28. The molecule has 1 atom stereocenters. The van der Waals surface area contributed by atoms with Crippen molar-refractivity contribution in [2.75, 3.05) is 17.6 Å². The smallest absolute Gasteiger partial charge is 0.244 e. The van der Waals surface area contributed by atoms with Gasteiger partial charge in [0.2, 0.25) is 11.8 Å². The topological polar surface area (TPSA) is 75.2 Å². The molecule has 0 saturated carbocycles. The average molecular weight is 393 g/mol. The Morgan fingerprint density at radius 2 is 2.12 bits per heavy atom. The number of anilines is 1. The number of hydrogen-bond donors (Lipinski definition) is 1. The summed E-state index contributed by atoms with van der Waals surface area (Å²) in [5.74, 6) is -0.0139. The van der Waals surface area contributed by atoms with E-state index in [1.165, 1.54) is 23.1 Å². The van der Waals surface area contributed by atoms with Gasteiger partial charge in [0.1, 0.15) is 12.1 Å². The highest BCUT2D eigenvalue weighted by Gasteiger charge is 2.22. The Hall–Kier alpha value is -1.93. The maximum atomic E-state index is 12.6. The zero-order valence-corrected chi connectivity index (χ0v) is 17.1. The van der Waals surface area contributed by atoms with Crippen molar-refractivity contribution in [3.63, 3.8) is 0 Å². The first-order valence-electron chi connectivity index (χ1n) is 8.46. The van der Waals surface area contributed by atoms with Crippen LogP contribution in [0.25, 0.3) is 0 Å². The fourth-order valence-electron chi connectivity index (χ4n) is 2.37. The Bertz CT molecular complexity index is 750. The second-order valence-corrected chi connectivity index (χ2v) is 8.12. The molecule has 8 heteroatoms. The summed E-state index contributed by atoms with van der Waals surface area (Å²) in [4.78, 5) is 26.8. The van der Waals surface area contributed by atoms with Gasteiger partial charge in [-0.2, -0.15) is 0 Å². The molecule has 1 unspecified atom stereocenters. The number of rotatable bonds is 8. The molecule has 2 rings (SSSR count). The van der Waals surface area contributed by atoms with Crippen LogP contribution in [0.4, 0.5) is 5.69 Å². The molecule has 1 heterocycles. The summed E-state index contributed by atoms with van der Waals surface area (Å²) >= 11 is 2.75. The molecule has 140 valence electrons. The van der Waals surface area contributed by atoms with Crippen LogP contribution in [-0.4, -0.2) is 45.3 Å². The van der Waals surface area contributed by atoms with Crippen LogP contribution in [0.15, 0.2) is 28.0 Å². The highest BCUT2D eigenvalue weighted by molar-refractivity contribution is 8.01. The van der Waals surface area contributed by atoms with Gasteiger partial charge in [-0.1, -0.05) is 42.2 Å². The summed E-state index contributed by atoms with van der Waals surface area (Å²) in [5.41, 5.74) is 4.58. The van der Waals surface area contributed by atoms with Gasteiger partial charge in [-0.15, -0.1) is 10.2 Å². The molecule has 0 spiro atoms. The van der Waals surface area contributed by atoms with Crippen LogP contribution < -0.4 is 5.32 Å². The van der Waals surface area contributed by atoms with E-state index in [1.807, 2.05) is 45.9 Å². The number of aromatic nitrogens is 2. The molecule has 0 aliphatic heterocycles. The number of benzene rings is 1. The maximum absolute atomic E-state index is 12.6. The Morgan fingerprint density at radius 1 is 1.35 bits per heavy atom. The zero-order chi connectivity index (χ0) is 19.1. The number of nitrogens with one attached hydrogen (secondary N) is 1. The monoisotopic (exact) mass is 392 g/mol. The molecular weight excluding hydrogens is 368 g/mol. The number of aryl methyl sites for hydroxylation is 1. The van der Waals surface area contributed by atoms with Crippen LogP contribution in [0.1, 0.15) is 31.4 Å². The molecule has 1 aromatic heterocycles. The van der Waals surface area contributed by atoms with E-state index in [9.17, 15) is 9.59 Å².